The first kappa shape index (κ1) is 15.4. The Morgan fingerprint density at radius 2 is 2.33 bits per heavy atom. The molecule has 0 spiro atoms. The molecule has 2 rings (SSSR count). The molecule has 100 valence electrons. The summed E-state index contributed by atoms with van der Waals surface area (Å²) in [6, 6.07) is 7.95. The van der Waals surface area contributed by atoms with Gasteiger partial charge in [0.25, 0.3) is 0 Å². The molecule has 0 saturated carbocycles. The molecule has 0 bridgehead atoms. The second kappa shape index (κ2) is 7.09. The maximum Gasteiger partial charge on any atom is 0.236 e. The number of halogens is 2. The molecule has 1 amide bonds. The molecule has 1 saturated heterocycles. The second-order valence-electron chi connectivity index (χ2n) is 3.96. The lowest BCUT2D eigenvalue weighted by Crippen LogP contribution is -2.44. The predicted octanol–water partition coefficient (Wildman–Crippen LogP) is 1.73. The molecule has 1 aromatic carbocycles. The standard InChI is InChI=1S/C12H15BrN2O2.ClH/c13-10-3-1-2-9(6-10)11-8-15(4-5-17-11)12(16)7-14;/h1-3,6,11H,4-5,7-8,14H2;1H. The van der Waals surface area contributed by atoms with Gasteiger partial charge in [-0.3, -0.25) is 4.79 Å². The molecule has 0 radical (unpaired) electrons. The molecule has 1 aliphatic heterocycles. The monoisotopic (exact) mass is 334 g/mol. The molecule has 0 aromatic heterocycles. The number of amides is 1. The van der Waals surface area contributed by atoms with Crippen LogP contribution in [0.1, 0.15) is 11.7 Å². The molecule has 1 aliphatic rings. The van der Waals surface area contributed by atoms with Gasteiger partial charge >= 0.3 is 0 Å². The highest BCUT2D eigenvalue weighted by Gasteiger charge is 2.24. The average molecular weight is 336 g/mol. The molecule has 18 heavy (non-hydrogen) atoms. The number of nitrogens with two attached hydrogens (primary N) is 1. The summed E-state index contributed by atoms with van der Waals surface area (Å²) in [6.45, 7) is 1.82. The molecule has 1 heterocycles. The minimum Gasteiger partial charge on any atom is -0.370 e. The van der Waals surface area contributed by atoms with Crippen LogP contribution in [0.25, 0.3) is 0 Å². The first-order valence-corrected chi connectivity index (χ1v) is 6.35. The van der Waals surface area contributed by atoms with Crippen LogP contribution in [0.3, 0.4) is 0 Å². The fraction of sp³-hybridized carbons (Fsp3) is 0.417. The summed E-state index contributed by atoms with van der Waals surface area (Å²) in [7, 11) is 0. The predicted molar refractivity (Wildman–Crippen MR) is 75.7 cm³/mol. The summed E-state index contributed by atoms with van der Waals surface area (Å²) in [5.74, 6) is -0.0201. The molecule has 1 fully saturated rings. The third kappa shape index (κ3) is 3.68. The van der Waals surface area contributed by atoms with Gasteiger partial charge in [-0.2, -0.15) is 0 Å². The van der Waals surface area contributed by atoms with E-state index in [1.807, 2.05) is 24.3 Å². The van der Waals surface area contributed by atoms with Crippen LogP contribution in [0, 0.1) is 0 Å². The van der Waals surface area contributed by atoms with Crippen molar-refractivity contribution in [3.63, 3.8) is 0 Å². The number of nitrogens with zero attached hydrogens (tertiary/aromatic N) is 1. The van der Waals surface area contributed by atoms with Crippen LogP contribution in [-0.4, -0.2) is 37.0 Å². The van der Waals surface area contributed by atoms with Crippen molar-refractivity contribution >= 4 is 34.2 Å². The van der Waals surface area contributed by atoms with E-state index in [2.05, 4.69) is 15.9 Å². The molecular weight excluding hydrogens is 320 g/mol. The van der Waals surface area contributed by atoms with Crippen LogP contribution in [0.4, 0.5) is 0 Å². The third-order valence-electron chi connectivity index (χ3n) is 2.81. The smallest absolute Gasteiger partial charge is 0.236 e. The number of benzene rings is 1. The van der Waals surface area contributed by atoms with Gasteiger partial charge in [0.2, 0.25) is 5.91 Å². The summed E-state index contributed by atoms with van der Waals surface area (Å²) in [6.07, 6.45) is -0.0586. The van der Waals surface area contributed by atoms with Gasteiger partial charge in [-0.05, 0) is 17.7 Å². The highest BCUT2D eigenvalue weighted by Crippen LogP contribution is 2.24. The summed E-state index contributed by atoms with van der Waals surface area (Å²) < 4.78 is 6.70. The van der Waals surface area contributed by atoms with E-state index in [4.69, 9.17) is 10.5 Å². The lowest BCUT2D eigenvalue weighted by molar-refractivity contribution is -0.137. The highest BCUT2D eigenvalue weighted by atomic mass is 79.9. The molecule has 4 nitrogen and oxygen atoms in total. The van der Waals surface area contributed by atoms with Crippen molar-refractivity contribution in [2.45, 2.75) is 6.10 Å². The Balaban J connectivity index is 0.00000162. The number of ether oxygens (including phenoxy) is 1. The van der Waals surface area contributed by atoms with Crippen LogP contribution < -0.4 is 5.73 Å². The molecule has 2 N–H and O–H groups in total. The van der Waals surface area contributed by atoms with Gasteiger partial charge < -0.3 is 15.4 Å². The Kier molecular flexibility index (Phi) is 6.08. The fourth-order valence-electron chi connectivity index (χ4n) is 1.91. The van der Waals surface area contributed by atoms with E-state index in [0.29, 0.717) is 19.7 Å². The summed E-state index contributed by atoms with van der Waals surface area (Å²) in [4.78, 5) is 13.3. The van der Waals surface area contributed by atoms with E-state index in [0.717, 1.165) is 10.0 Å². The summed E-state index contributed by atoms with van der Waals surface area (Å²) in [5.41, 5.74) is 6.45. The van der Waals surface area contributed by atoms with Crippen LogP contribution in [0.5, 0.6) is 0 Å². The number of carbonyl (C=O) groups excluding carboxylic acids is 1. The topological polar surface area (TPSA) is 55.6 Å². The Bertz CT molecular complexity index is 417. The van der Waals surface area contributed by atoms with Crippen molar-refractivity contribution < 1.29 is 9.53 Å². The highest BCUT2D eigenvalue weighted by molar-refractivity contribution is 9.10. The van der Waals surface area contributed by atoms with E-state index in [9.17, 15) is 4.79 Å². The third-order valence-corrected chi connectivity index (χ3v) is 3.31. The molecule has 1 aromatic rings. The molecule has 6 heteroatoms. The van der Waals surface area contributed by atoms with Gasteiger partial charge in [0, 0.05) is 11.0 Å². The summed E-state index contributed by atoms with van der Waals surface area (Å²) >= 11 is 3.43. The van der Waals surface area contributed by atoms with Gasteiger partial charge in [-0.15, -0.1) is 12.4 Å². The lowest BCUT2D eigenvalue weighted by Gasteiger charge is -2.33. The maximum absolute atomic E-state index is 11.5. The zero-order valence-electron chi connectivity index (χ0n) is 9.84. The van der Waals surface area contributed by atoms with Crippen LogP contribution in [0.2, 0.25) is 0 Å². The quantitative estimate of drug-likeness (QED) is 0.895. The summed E-state index contributed by atoms with van der Waals surface area (Å²) in [5, 5.41) is 0. The Hall–Kier alpha value is -0.620. The Morgan fingerprint density at radius 1 is 1.56 bits per heavy atom. The van der Waals surface area contributed by atoms with Gasteiger partial charge in [0.15, 0.2) is 0 Å². The minimum atomic E-state index is -0.0586. The molecule has 1 unspecified atom stereocenters. The van der Waals surface area contributed by atoms with Crippen molar-refractivity contribution in [1.82, 2.24) is 4.90 Å². The number of hydrogen-bond donors (Lipinski definition) is 1. The van der Waals surface area contributed by atoms with Crippen molar-refractivity contribution in [2.75, 3.05) is 26.2 Å². The first-order chi connectivity index (χ1) is 8.20. The maximum atomic E-state index is 11.5. The van der Waals surface area contributed by atoms with Crippen molar-refractivity contribution in [2.24, 2.45) is 5.73 Å². The van der Waals surface area contributed by atoms with E-state index in [1.54, 1.807) is 4.90 Å². The zero-order valence-corrected chi connectivity index (χ0v) is 12.2. The number of morpholine rings is 1. The Morgan fingerprint density at radius 3 is 3.00 bits per heavy atom. The van der Waals surface area contributed by atoms with Gasteiger partial charge in [0.05, 0.1) is 19.7 Å². The molecule has 1 atom stereocenters. The van der Waals surface area contributed by atoms with E-state index >= 15 is 0 Å². The van der Waals surface area contributed by atoms with Gasteiger partial charge in [0.1, 0.15) is 6.10 Å². The number of hydrogen-bond acceptors (Lipinski definition) is 3. The van der Waals surface area contributed by atoms with Gasteiger partial charge in [-0.25, -0.2) is 0 Å². The second-order valence-corrected chi connectivity index (χ2v) is 4.87. The lowest BCUT2D eigenvalue weighted by atomic mass is 10.1. The van der Waals surface area contributed by atoms with E-state index in [-0.39, 0.29) is 31.0 Å². The van der Waals surface area contributed by atoms with Gasteiger partial charge in [-0.1, -0.05) is 28.1 Å². The van der Waals surface area contributed by atoms with Crippen molar-refractivity contribution in [3.8, 4) is 0 Å². The Labute approximate surface area is 121 Å². The average Bonchev–Trinajstić information content (AvgIpc) is 2.38. The fourth-order valence-corrected chi connectivity index (χ4v) is 2.33. The normalized spacial score (nSPS) is 19.2. The van der Waals surface area contributed by atoms with E-state index < -0.39 is 0 Å². The molecule has 0 aliphatic carbocycles. The number of carbonyl (C=O) groups is 1. The largest absolute Gasteiger partial charge is 0.370 e. The molecular formula is C12H16BrClN2O2. The van der Waals surface area contributed by atoms with Crippen LogP contribution in [-0.2, 0) is 9.53 Å². The van der Waals surface area contributed by atoms with Crippen LogP contribution in [0.15, 0.2) is 28.7 Å². The SMILES string of the molecule is Cl.NCC(=O)N1CCOC(c2cccc(Br)c2)C1. The zero-order chi connectivity index (χ0) is 12.3. The van der Waals surface area contributed by atoms with Crippen LogP contribution >= 0.6 is 28.3 Å². The van der Waals surface area contributed by atoms with E-state index in [1.165, 1.54) is 0 Å². The number of rotatable bonds is 2. The minimum absolute atomic E-state index is 0. The van der Waals surface area contributed by atoms with Crippen molar-refractivity contribution in [3.05, 3.63) is 34.3 Å². The first-order valence-electron chi connectivity index (χ1n) is 5.55. The van der Waals surface area contributed by atoms with Crippen molar-refractivity contribution in [1.29, 1.82) is 0 Å².